The number of ether oxygens (including phenoxy) is 1. The van der Waals surface area contributed by atoms with Crippen LogP contribution < -0.4 is 0 Å². The third-order valence-corrected chi connectivity index (χ3v) is 5.39. The Balaban J connectivity index is 1.90. The summed E-state index contributed by atoms with van der Waals surface area (Å²) in [7, 11) is 0. The van der Waals surface area contributed by atoms with Crippen molar-refractivity contribution in [1.82, 2.24) is 4.90 Å². The van der Waals surface area contributed by atoms with E-state index >= 15 is 0 Å². The standard InChI is InChI=1S/C14H17NO4S/c1-3-5-19-14(18)11-12-8(4-6-20-12)10-9(7(2)16)13(17)15(10)11/h3,7-10,16H,1,4-6H2,2H3/t7-,8-,9-,10-/m1/s1. The van der Waals surface area contributed by atoms with Gasteiger partial charge in [0.05, 0.1) is 18.1 Å². The molecule has 0 unspecified atom stereocenters. The minimum atomic E-state index is -0.681. The van der Waals surface area contributed by atoms with Crippen LogP contribution in [0.5, 0.6) is 0 Å². The summed E-state index contributed by atoms with van der Waals surface area (Å²) in [4.78, 5) is 26.9. The number of thioether (sulfide) groups is 1. The molecule has 3 rings (SSSR count). The van der Waals surface area contributed by atoms with Crippen molar-refractivity contribution in [2.45, 2.75) is 25.5 Å². The summed E-state index contributed by atoms with van der Waals surface area (Å²) in [5, 5.41) is 9.77. The maximum atomic E-state index is 12.2. The van der Waals surface area contributed by atoms with Crippen LogP contribution in [0, 0.1) is 11.8 Å². The highest BCUT2D eigenvalue weighted by molar-refractivity contribution is 8.03. The molecular formula is C14H17NO4S. The van der Waals surface area contributed by atoms with Crippen LogP contribution in [0.2, 0.25) is 0 Å². The van der Waals surface area contributed by atoms with E-state index in [2.05, 4.69) is 6.58 Å². The summed E-state index contributed by atoms with van der Waals surface area (Å²) < 4.78 is 5.10. The normalized spacial score (nSPS) is 32.6. The predicted octanol–water partition coefficient (Wildman–Crippen LogP) is 0.902. The Hall–Kier alpha value is -1.27. The largest absolute Gasteiger partial charge is 0.457 e. The van der Waals surface area contributed by atoms with Crippen molar-refractivity contribution < 1.29 is 19.4 Å². The van der Waals surface area contributed by atoms with Gasteiger partial charge in [0.1, 0.15) is 12.3 Å². The van der Waals surface area contributed by atoms with Crippen molar-refractivity contribution >= 4 is 23.6 Å². The number of carbonyl (C=O) groups is 2. The summed E-state index contributed by atoms with van der Waals surface area (Å²) in [6, 6.07) is -0.0706. The number of nitrogens with zero attached hydrogens (tertiary/aromatic N) is 1. The lowest BCUT2D eigenvalue weighted by atomic mass is 9.78. The highest BCUT2D eigenvalue weighted by Crippen LogP contribution is 2.55. The van der Waals surface area contributed by atoms with E-state index < -0.39 is 18.0 Å². The topological polar surface area (TPSA) is 66.8 Å². The summed E-state index contributed by atoms with van der Waals surface area (Å²) in [5.74, 6) is 0.114. The second-order valence-electron chi connectivity index (χ2n) is 5.31. The zero-order valence-corrected chi connectivity index (χ0v) is 12.1. The third-order valence-electron chi connectivity index (χ3n) is 4.14. The number of aliphatic hydroxyl groups is 1. The van der Waals surface area contributed by atoms with E-state index in [4.69, 9.17) is 4.74 Å². The van der Waals surface area contributed by atoms with Gasteiger partial charge in [-0.25, -0.2) is 4.79 Å². The fraction of sp³-hybridized carbons (Fsp3) is 0.571. The van der Waals surface area contributed by atoms with Gasteiger partial charge in [0.25, 0.3) is 0 Å². The molecule has 0 saturated carbocycles. The molecule has 4 atom stereocenters. The molecule has 0 bridgehead atoms. The van der Waals surface area contributed by atoms with Crippen LogP contribution in [0.15, 0.2) is 23.3 Å². The molecule has 0 aliphatic carbocycles. The van der Waals surface area contributed by atoms with Crippen molar-refractivity contribution in [2.24, 2.45) is 11.8 Å². The first-order valence-electron chi connectivity index (χ1n) is 6.74. The number of aliphatic hydroxyl groups excluding tert-OH is 1. The predicted molar refractivity (Wildman–Crippen MR) is 74.6 cm³/mol. The number of β-lactam (4-membered cyclic amide) rings is 1. The summed E-state index contributed by atoms with van der Waals surface area (Å²) >= 11 is 1.62. The van der Waals surface area contributed by atoms with Gasteiger partial charge < -0.3 is 14.7 Å². The van der Waals surface area contributed by atoms with E-state index in [1.807, 2.05) is 0 Å². The van der Waals surface area contributed by atoms with Crippen LogP contribution in [0.3, 0.4) is 0 Å². The Morgan fingerprint density at radius 2 is 2.45 bits per heavy atom. The summed E-state index contributed by atoms with van der Waals surface area (Å²) in [6.07, 6.45) is 1.76. The number of esters is 1. The highest BCUT2D eigenvalue weighted by atomic mass is 32.2. The monoisotopic (exact) mass is 295 g/mol. The minimum Gasteiger partial charge on any atom is -0.457 e. The van der Waals surface area contributed by atoms with E-state index in [9.17, 15) is 14.7 Å². The Morgan fingerprint density at radius 1 is 1.70 bits per heavy atom. The molecule has 1 N–H and O–H groups in total. The molecule has 0 aromatic heterocycles. The fourth-order valence-electron chi connectivity index (χ4n) is 3.34. The number of rotatable bonds is 4. The molecule has 0 aromatic carbocycles. The average Bonchev–Trinajstić information content (AvgIpc) is 2.94. The van der Waals surface area contributed by atoms with E-state index in [1.54, 1.807) is 18.7 Å². The molecule has 0 aromatic rings. The molecule has 3 heterocycles. The number of hydrogen-bond donors (Lipinski definition) is 1. The lowest BCUT2D eigenvalue weighted by Gasteiger charge is -2.46. The Kier molecular flexibility index (Phi) is 3.38. The second-order valence-corrected chi connectivity index (χ2v) is 6.45. The highest BCUT2D eigenvalue weighted by Gasteiger charge is 2.62. The first-order chi connectivity index (χ1) is 9.57. The van der Waals surface area contributed by atoms with Gasteiger partial charge in [0.2, 0.25) is 5.91 Å². The van der Waals surface area contributed by atoms with E-state index in [0.717, 1.165) is 17.1 Å². The molecule has 0 radical (unpaired) electrons. The van der Waals surface area contributed by atoms with Crippen molar-refractivity contribution in [3.05, 3.63) is 23.3 Å². The van der Waals surface area contributed by atoms with Crippen molar-refractivity contribution in [1.29, 1.82) is 0 Å². The lowest BCUT2D eigenvalue weighted by Crippen LogP contribution is -2.63. The molecule has 5 nitrogen and oxygen atoms in total. The molecule has 3 aliphatic heterocycles. The molecule has 2 saturated heterocycles. The molecule has 0 spiro atoms. The Labute approximate surface area is 121 Å². The Bertz CT molecular complexity index is 513. The number of amides is 1. The third kappa shape index (κ3) is 1.74. The SMILES string of the molecule is C=CCOC(=O)C1=C2SCC[C@@H]2[C@@H]2[C@@H]([C@@H](C)O)C(=O)N12. The fourth-order valence-corrected chi connectivity index (χ4v) is 4.72. The van der Waals surface area contributed by atoms with Gasteiger partial charge in [-0.1, -0.05) is 12.7 Å². The molecule has 20 heavy (non-hydrogen) atoms. The Morgan fingerprint density at radius 3 is 3.10 bits per heavy atom. The second kappa shape index (κ2) is 4.93. The van der Waals surface area contributed by atoms with Crippen LogP contribution in [0.25, 0.3) is 0 Å². The number of fused-ring (bicyclic) bond motifs is 3. The van der Waals surface area contributed by atoms with Crippen LogP contribution in [0.4, 0.5) is 0 Å². The van der Waals surface area contributed by atoms with E-state index in [-0.39, 0.29) is 24.5 Å². The zero-order chi connectivity index (χ0) is 14.4. The van der Waals surface area contributed by atoms with Gasteiger partial charge in [0, 0.05) is 10.8 Å². The first-order valence-corrected chi connectivity index (χ1v) is 7.72. The van der Waals surface area contributed by atoms with Gasteiger partial charge in [-0.2, -0.15) is 0 Å². The summed E-state index contributed by atoms with van der Waals surface area (Å²) in [5.41, 5.74) is 0.395. The molecule has 6 heteroatoms. The molecule has 3 aliphatic rings. The van der Waals surface area contributed by atoms with E-state index in [1.165, 1.54) is 11.0 Å². The molecule has 108 valence electrons. The quantitative estimate of drug-likeness (QED) is 0.474. The zero-order valence-electron chi connectivity index (χ0n) is 11.2. The van der Waals surface area contributed by atoms with Gasteiger partial charge in [0.15, 0.2) is 0 Å². The van der Waals surface area contributed by atoms with Gasteiger partial charge in [-0.05, 0) is 19.1 Å². The van der Waals surface area contributed by atoms with Crippen LogP contribution in [-0.2, 0) is 14.3 Å². The van der Waals surface area contributed by atoms with E-state index in [0.29, 0.717) is 5.70 Å². The van der Waals surface area contributed by atoms with Crippen molar-refractivity contribution in [3.8, 4) is 0 Å². The van der Waals surface area contributed by atoms with Crippen molar-refractivity contribution in [3.63, 3.8) is 0 Å². The van der Waals surface area contributed by atoms with Crippen LogP contribution in [-0.4, -0.2) is 46.4 Å². The molecule has 2 fully saturated rings. The minimum absolute atomic E-state index is 0.0706. The maximum Gasteiger partial charge on any atom is 0.356 e. The average molecular weight is 295 g/mol. The molecular weight excluding hydrogens is 278 g/mol. The van der Waals surface area contributed by atoms with Gasteiger partial charge in [-0.3, -0.25) is 4.79 Å². The summed E-state index contributed by atoms with van der Waals surface area (Å²) in [6.45, 7) is 5.28. The number of carbonyl (C=O) groups excluding carboxylic acids is 2. The van der Waals surface area contributed by atoms with Gasteiger partial charge >= 0.3 is 5.97 Å². The van der Waals surface area contributed by atoms with Crippen LogP contribution in [0.1, 0.15) is 13.3 Å². The van der Waals surface area contributed by atoms with Gasteiger partial charge in [-0.15, -0.1) is 11.8 Å². The lowest BCUT2D eigenvalue weighted by molar-refractivity contribution is -0.164. The van der Waals surface area contributed by atoms with Crippen LogP contribution >= 0.6 is 11.8 Å². The maximum absolute atomic E-state index is 12.2. The number of hydrogen-bond acceptors (Lipinski definition) is 5. The smallest absolute Gasteiger partial charge is 0.356 e. The molecule has 1 amide bonds. The first kappa shape index (κ1) is 13.7. The van der Waals surface area contributed by atoms with Crippen molar-refractivity contribution in [2.75, 3.05) is 12.4 Å².